The molecule has 0 aliphatic carbocycles. The van der Waals surface area contributed by atoms with Crippen molar-refractivity contribution in [3.05, 3.63) is 33.3 Å². The van der Waals surface area contributed by atoms with Crippen molar-refractivity contribution < 1.29 is 14.2 Å². The van der Waals surface area contributed by atoms with Crippen LogP contribution in [0.2, 0.25) is 0 Å². The Kier molecular flexibility index (Phi) is 11.1. The summed E-state index contributed by atoms with van der Waals surface area (Å²) in [6.45, 7) is 5.64. The molecule has 0 fully saturated rings. The zero-order chi connectivity index (χ0) is 20.5. The molecule has 9 heteroatoms. The maximum absolute atomic E-state index is 5.53. The maximum Gasteiger partial charge on any atom is 0.203 e. The maximum atomic E-state index is 5.53. The highest BCUT2D eigenvalue weighted by Crippen LogP contribution is 2.39. The molecule has 0 aliphatic rings. The smallest absolute Gasteiger partial charge is 0.203 e. The minimum absolute atomic E-state index is 0. The van der Waals surface area contributed by atoms with Gasteiger partial charge in [-0.15, -0.1) is 35.3 Å². The molecule has 1 aromatic carbocycles. The molecule has 162 valence electrons. The van der Waals surface area contributed by atoms with Crippen LogP contribution in [0.4, 0.5) is 0 Å². The number of halogens is 1. The summed E-state index contributed by atoms with van der Waals surface area (Å²) in [4.78, 5) is 10.1. The first-order chi connectivity index (χ1) is 13.5. The lowest BCUT2D eigenvalue weighted by Crippen LogP contribution is -2.39. The normalized spacial score (nSPS) is 10.9. The predicted molar refractivity (Wildman–Crippen MR) is 130 cm³/mol. The minimum Gasteiger partial charge on any atom is -0.493 e. The number of methoxy groups -OCH3 is 3. The van der Waals surface area contributed by atoms with Crippen molar-refractivity contribution in [2.24, 2.45) is 4.99 Å². The van der Waals surface area contributed by atoms with Crippen LogP contribution in [0.25, 0.3) is 0 Å². The lowest BCUT2D eigenvalue weighted by Gasteiger charge is -2.16. The first kappa shape index (κ1) is 25.3. The molecule has 0 radical (unpaired) electrons. The van der Waals surface area contributed by atoms with E-state index in [2.05, 4.69) is 27.5 Å². The van der Waals surface area contributed by atoms with Crippen molar-refractivity contribution in [2.45, 2.75) is 26.7 Å². The standard InChI is InChI=1S/C20H30N4O3S.HI/c1-13-14(2)28-17(24-13)10-12-23-20(21-3)22-11-9-15-7-8-16(25-4)19(27-6)18(15)26-5;/h7-8H,9-12H2,1-6H3,(H2,21,22,23);1H. The van der Waals surface area contributed by atoms with E-state index in [9.17, 15) is 0 Å². The Morgan fingerprint density at radius 1 is 1.00 bits per heavy atom. The SMILES string of the molecule is CN=C(NCCc1nc(C)c(C)s1)NCCc1ccc(OC)c(OC)c1OC.I. The number of aliphatic imine (C=N–C) groups is 1. The van der Waals surface area contributed by atoms with Gasteiger partial charge in [-0.25, -0.2) is 4.98 Å². The molecule has 2 aromatic rings. The average molecular weight is 534 g/mol. The Morgan fingerprint density at radius 2 is 1.66 bits per heavy atom. The summed E-state index contributed by atoms with van der Waals surface area (Å²) >= 11 is 1.75. The predicted octanol–water partition coefficient (Wildman–Crippen LogP) is 3.35. The summed E-state index contributed by atoms with van der Waals surface area (Å²) in [5.41, 5.74) is 2.16. The number of aryl methyl sites for hydroxylation is 2. The van der Waals surface area contributed by atoms with E-state index >= 15 is 0 Å². The molecule has 0 aliphatic heterocycles. The minimum atomic E-state index is 0. The highest BCUT2D eigenvalue weighted by atomic mass is 127. The molecule has 29 heavy (non-hydrogen) atoms. The van der Waals surface area contributed by atoms with Crippen LogP contribution in [0, 0.1) is 13.8 Å². The summed E-state index contributed by atoms with van der Waals surface area (Å²) in [5.74, 6) is 2.73. The summed E-state index contributed by atoms with van der Waals surface area (Å²) in [6.07, 6.45) is 1.64. The molecule has 2 rings (SSSR count). The number of hydrogen-bond acceptors (Lipinski definition) is 6. The van der Waals surface area contributed by atoms with Crippen LogP contribution in [0.15, 0.2) is 17.1 Å². The lowest BCUT2D eigenvalue weighted by molar-refractivity contribution is 0.322. The van der Waals surface area contributed by atoms with Crippen molar-refractivity contribution in [3.63, 3.8) is 0 Å². The number of rotatable bonds is 9. The number of nitrogens with one attached hydrogen (secondary N) is 2. The van der Waals surface area contributed by atoms with Gasteiger partial charge in [0.15, 0.2) is 17.5 Å². The molecule has 7 nitrogen and oxygen atoms in total. The molecular weight excluding hydrogens is 503 g/mol. The Bertz CT molecular complexity index is 792. The monoisotopic (exact) mass is 534 g/mol. The van der Waals surface area contributed by atoms with Crippen molar-refractivity contribution in [2.75, 3.05) is 41.5 Å². The van der Waals surface area contributed by atoms with Crippen LogP contribution in [0.3, 0.4) is 0 Å². The van der Waals surface area contributed by atoms with Gasteiger partial charge in [0, 0.05) is 37.0 Å². The molecule has 1 heterocycles. The van der Waals surface area contributed by atoms with Crippen molar-refractivity contribution >= 4 is 41.3 Å². The number of benzene rings is 1. The van der Waals surface area contributed by atoms with Crippen LogP contribution in [0.5, 0.6) is 17.2 Å². The van der Waals surface area contributed by atoms with E-state index in [0.717, 1.165) is 41.6 Å². The van der Waals surface area contributed by atoms with Gasteiger partial charge in [0.1, 0.15) is 0 Å². The fourth-order valence-electron chi connectivity index (χ4n) is 2.83. The van der Waals surface area contributed by atoms with E-state index in [0.29, 0.717) is 23.8 Å². The Hall–Kier alpha value is -1.75. The van der Waals surface area contributed by atoms with Crippen molar-refractivity contribution in [1.29, 1.82) is 0 Å². The third-order valence-corrected chi connectivity index (χ3v) is 5.53. The summed E-state index contributed by atoms with van der Waals surface area (Å²) in [6, 6.07) is 3.88. The van der Waals surface area contributed by atoms with Gasteiger partial charge in [-0.05, 0) is 26.3 Å². The van der Waals surface area contributed by atoms with Crippen LogP contribution >= 0.6 is 35.3 Å². The molecular formula is C20H31IN4O3S. The second-order valence-electron chi connectivity index (χ2n) is 6.17. The largest absolute Gasteiger partial charge is 0.493 e. The summed E-state index contributed by atoms with van der Waals surface area (Å²) < 4.78 is 16.3. The number of nitrogens with zero attached hydrogens (tertiary/aromatic N) is 2. The zero-order valence-electron chi connectivity index (χ0n) is 17.9. The van der Waals surface area contributed by atoms with Gasteiger partial charge in [0.25, 0.3) is 0 Å². The number of ether oxygens (including phenoxy) is 3. The molecule has 0 spiro atoms. The van der Waals surface area contributed by atoms with Crippen LogP contribution < -0.4 is 24.8 Å². The average Bonchev–Trinajstić information content (AvgIpc) is 3.03. The van der Waals surface area contributed by atoms with E-state index in [1.165, 1.54) is 4.88 Å². The third-order valence-electron chi connectivity index (χ3n) is 4.40. The molecule has 0 unspecified atom stereocenters. The summed E-state index contributed by atoms with van der Waals surface area (Å²) in [7, 11) is 6.63. The van der Waals surface area contributed by atoms with Crippen LogP contribution in [0.1, 0.15) is 21.1 Å². The Balaban J connectivity index is 0.00000420. The van der Waals surface area contributed by atoms with Crippen LogP contribution in [-0.2, 0) is 12.8 Å². The number of aromatic nitrogens is 1. The fourth-order valence-corrected chi connectivity index (χ4v) is 3.76. The third kappa shape index (κ3) is 6.91. The fraction of sp³-hybridized carbons (Fsp3) is 0.500. The van der Waals surface area contributed by atoms with E-state index in [-0.39, 0.29) is 24.0 Å². The number of thiazole rings is 1. The summed E-state index contributed by atoms with van der Waals surface area (Å²) in [5, 5.41) is 7.81. The molecule has 0 amide bonds. The topological polar surface area (TPSA) is 77.0 Å². The quantitative estimate of drug-likeness (QED) is 0.292. The second kappa shape index (κ2) is 12.7. The molecule has 0 saturated heterocycles. The first-order valence-electron chi connectivity index (χ1n) is 9.19. The van der Waals surface area contributed by atoms with Gasteiger partial charge < -0.3 is 24.8 Å². The highest BCUT2D eigenvalue weighted by molar-refractivity contribution is 14.0. The molecule has 0 saturated carbocycles. The lowest BCUT2D eigenvalue weighted by atomic mass is 10.1. The highest BCUT2D eigenvalue weighted by Gasteiger charge is 2.15. The number of guanidine groups is 1. The first-order valence-corrected chi connectivity index (χ1v) is 10.0. The van der Waals surface area contributed by atoms with Gasteiger partial charge >= 0.3 is 0 Å². The molecule has 2 N–H and O–H groups in total. The van der Waals surface area contributed by atoms with Gasteiger partial charge in [0.05, 0.1) is 32.0 Å². The second-order valence-corrected chi connectivity index (χ2v) is 7.46. The van der Waals surface area contributed by atoms with Crippen LogP contribution in [-0.4, -0.2) is 52.4 Å². The van der Waals surface area contributed by atoms with E-state index in [1.807, 2.05) is 19.1 Å². The molecule has 0 bridgehead atoms. The van der Waals surface area contributed by atoms with Gasteiger partial charge in [-0.1, -0.05) is 6.07 Å². The van der Waals surface area contributed by atoms with Crippen molar-refractivity contribution in [1.82, 2.24) is 15.6 Å². The van der Waals surface area contributed by atoms with Gasteiger partial charge in [-0.3, -0.25) is 4.99 Å². The van der Waals surface area contributed by atoms with Gasteiger partial charge in [0.2, 0.25) is 5.75 Å². The zero-order valence-corrected chi connectivity index (χ0v) is 21.1. The number of hydrogen-bond donors (Lipinski definition) is 2. The molecule has 1 aromatic heterocycles. The van der Waals surface area contributed by atoms with E-state index in [4.69, 9.17) is 14.2 Å². The van der Waals surface area contributed by atoms with E-state index in [1.54, 1.807) is 39.7 Å². The van der Waals surface area contributed by atoms with E-state index < -0.39 is 0 Å². The Labute approximate surface area is 194 Å². The Morgan fingerprint density at radius 3 is 2.17 bits per heavy atom. The van der Waals surface area contributed by atoms with Crippen molar-refractivity contribution in [3.8, 4) is 17.2 Å². The molecule has 0 atom stereocenters. The van der Waals surface area contributed by atoms with Gasteiger partial charge in [-0.2, -0.15) is 0 Å².